The molecular formula is C11H11ClO2. The Balaban J connectivity index is 2.31. The van der Waals surface area contributed by atoms with Crippen LogP contribution in [0.5, 0.6) is 5.75 Å². The van der Waals surface area contributed by atoms with Crippen molar-refractivity contribution >= 4 is 17.4 Å². The molecule has 3 heteroatoms. The highest BCUT2D eigenvalue weighted by Crippen LogP contribution is 2.34. The number of benzene rings is 1. The van der Waals surface area contributed by atoms with E-state index in [1.807, 2.05) is 0 Å². The van der Waals surface area contributed by atoms with E-state index < -0.39 is 0 Å². The lowest BCUT2D eigenvalue weighted by Gasteiger charge is -2.04. The summed E-state index contributed by atoms with van der Waals surface area (Å²) < 4.78 is 5.05. The number of ketones is 1. The quantitative estimate of drug-likeness (QED) is 0.717. The molecular weight excluding hydrogens is 200 g/mol. The number of hydrogen-bond donors (Lipinski definition) is 0. The van der Waals surface area contributed by atoms with Crippen LogP contribution in [0.4, 0.5) is 0 Å². The van der Waals surface area contributed by atoms with Crippen LogP contribution in [-0.4, -0.2) is 12.9 Å². The van der Waals surface area contributed by atoms with Gasteiger partial charge >= 0.3 is 0 Å². The van der Waals surface area contributed by atoms with Crippen LogP contribution in [0.2, 0.25) is 5.02 Å². The van der Waals surface area contributed by atoms with Crippen molar-refractivity contribution in [3.8, 4) is 5.75 Å². The highest BCUT2D eigenvalue weighted by molar-refractivity contribution is 6.31. The lowest BCUT2D eigenvalue weighted by atomic mass is 10.1. The molecule has 1 aliphatic carbocycles. The molecule has 0 bridgehead atoms. The molecule has 14 heavy (non-hydrogen) atoms. The molecule has 0 radical (unpaired) electrons. The Kier molecular flexibility index (Phi) is 2.46. The zero-order chi connectivity index (χ0) is 10.1. The van der Waals surface area contributed by atoms with Gasteiger partial charge in [-0.2, -0.15) is 0 Å². The van der Waals surface area contributed by atoms with Gasteiger partial charge in [0.2, 0.25) is 0 Å². The van der Waals surface area contributed by atoms with E-state index in [0.717, 1.165) is 12.8 Å². The third-order valence-electron chi connectivity index (χ3n) is 2.34. The first-order valence-electron chi connectivity index (χ1n) is 4.59. The average Bonchev–Trinajstić information content (AvgIpc) is 2.99. The summed E-state index contributed by atoms with van der Waals surface area (Å²) in [5, 5.41) is 0.549. The molecule has 74 valence electrons. The molecule has 0 aliphatic heterocycles. The van der Waals surface area contributed by atoms with Gasteiger partial charge in [0.25, 0.3) is 0 Å². The molecule has 0 saturated heterocycles. The monoisotopic (exact) mass is 210 g/mol. The van der Waals surface area contributed by atoms with Gasteiger partial charge in [-0.1, -0.05) is 11.6 Å². The molecule has 2 nitrogen and oxygen atoms in total. The minimum absolute atomic E-state index is 0.186. The number of methoxy groups -OCH3 is 1. The highest BCUT2D eigenvalue weighted by Gasteiger charge is 2.30. The Morgan fingerprint density at radius 1 is 1.43 bits per heavy atom. The van der Waals surface area contributed by atoms with Crippen molar-refractivity contribution in [2.24, 2.45) is 5.92 Å². The summed E-state index contributed by atoms with van der Waals surface area (Å²) in [5.41, 5.74) is 0.664. The molecule has 1 aliphatic rings. The second-order valence-electron chi connectivity index (χ2n) is 3.52. The van der Waals surface area contributed by atoms with E-state index in [1.54, 1.807) is 25.3 Å². The highest BCUT2D eigenvalue weighted by atomic mass is 35.5. The molecule has 0 unspecified atom stereocenters. The fraction of sp³-hybridized carbons (Fsp3) is 0.364. The maximum Gasteiger partial charge on any atom is 0.166 e. The zero-order valence-corrected chi connectivity index (χ0v) is 8.67. The Labute approximate surface area is 87.8 Å². The first-order valence-corrected chi connectivity index (χ1v) is 4.97. The van der Waals surface area contributed by atoms with Gasteiger partial charge in [-0.3, -0.25) is 4.79 Å². The van der Waals surface area contributed by atoms with E-state index in [4.69, 9.17) is 16.3 Å². The largest absolute Gasteiger partial charge is 0.497 e. The fourth-order valence-electron chi connectivity index (χ4n) is 1.40. The third kappa shape index (κ3) is 1.90. The second-order valence-corrected chi connectivity index (χ2v) is 3.95. The van der Waals surface area contributed by atoms with Crippen molar-refractivity contribution in [2.75, 3.05) is 7.11 Å². The van der Waals surface area contributed by atoms with Crippen LogP contribution in [0.15, 0.2) is 18.2 Å². The van der Waals surface area contributed by atoms with Gasteiger partial charge in [0.05, 0.1) is 7.11 Å². The van der Waals surface area contributed by atoms with Gasteiger partial charge < -0.3 is 4.74 Å². The SMILES string of the molecule is COc1cc(Cl)cc(C(=O)C2CC2)c1. The van der Waals surface area contributed by atoms with Gasteiger partial charge in [-0.25, -0.2) is 0 Å². The molecule has 2 rings (SSSR count). The molecule has 0 heterocycles. The van der Waals surface area contributed by atoms with Gasteiger partial charge in [-0.15, -0.1) is 0 Å². The first kappa shape index (κ1) is 9.53. The lowest BCUT2D eigenvalue weighted by Crippen LogP contribution is -2.01. The predicted molar refractivity (Wildman–Crippen MR) is 55.1 cm³/mol. The van der Waals surface area contributed by atoms with Crippen molar-refractivity contribution in [1.29, 1.82) is 0 Å². The van der Waals surface area contributed by atoms with Crippen molar-refractivity contribution in [2.45, 2.75) is 12.8 Å². The van der Waals surface area contributed by atoms with E-state index in [1.165, 1.54) is 0 Å². The van der Waals surface area contributed by atoms with Crippen LogP contribution in [0.1, 0.15) is 23.2 Å². The summed E-state index contributed by atoms with van der Waals surface area (Å²) in [7, 11) is 1.57. The Hall–Kier alpha value is -1.02. The molecule has 1 fully saturated rings. The maximum atomic E-state index is 11.7. The summed E-state index contributed by atoms with van der Waals surface area (Å²) in [4.78, 5) is 11.7. The van der Waals surface area contributed by atoms with E-state index in [-0.39, 0.29) is 11.7 Å². The number of halogens is 1. The number of Topliss-reactive ketones (excluding diaryl/α,β-unsaturated/α-hetero) is 1. The van der Waals surface area contributed by atoms with Crippen LogP contribution in [0, 0.1) is 5.92 Å². The van der Waals surface area contributed by atoms with E-state index in [9.17, 15) is 4.79 Å². The standard InChI is InChI=1S/C11H11ClO2/c1-14-10-5-8(4-9(12)6-10)11(13)7-2-3-7/h4-7H,2-3H2,1H3. The summed E-state index contributed by atoms with van der Waals surface area (Å²) in [5.74, 6) is 1.05. The average molecular weight is 211 g/mol. The Bertz CT molecular complexity index is 370. The topological polar surface area (TPSA) is 26.3 Å². The molecule has 0 N–H and O–H groups in total. The first-order chi connectivity index (χ1) is 6.70. The summed E-state index contributed by atoms with van der Waals surface area (Å²) in [6, 6.07) is 5.14. The zero-order valence-electron chi connectivity index (χ0n) is 7.92. The summed E-state index contributed by atoms with van der Waals surface area (Å²) >= 11 is 5.87. The van der Waals surface area contributed by atoms with E-state index in [2.05, 4.69) is 0 Å². The van der Waals surface area contributed by atoms with Gasteiger partial charge in [0.15, 0.2) is 5.78 Å². The van der Waals surface area contributed by atoms with Crippen LogP contribution in [0.25, 0.3) is 0 Å². The van der Waals surface area contributed by atoms with Crippen molar-refractivity contribution < 1.29 is 9.53 Å². The molecule has 1 aromatic carbocycles. The number of ether oxygens (including phenoxy) is 1. The number of carbonyl (C=O) groups excluding carboxylic acids is 1. The Morgan fingerprint density at radius 3 is 2.71 bits per heavy atom. The maximum absolute atomic E-state index is 11.7. The number of carbonyl (C=O) groups is 1. The fourth-order valence-corrected chi connectivity index (χ4v) is 1.63. The predicted octanol–water partition coefficient (Wildman–Crippen LogP) is 2.94. The number of hydrogen-bond acceptors (Lipinski definition) is 2. The third-order valence-corrected chi connectivity index (χ3v) is 2.56. The van der Waals surface area contributed by atoms with Crippen LogP contribution in [-0.2, 0) is 0 Å². The molecule has 0 aromatic heterocycles. The molecule has 0 spiro atoms. The molecule has 0 amide bonds. The molecule has 1 saturated carbocycles. The van der Waals surface area contributed by atoms with Gasteiger partial charge in [0.1, 0.15) is 5.75 Å². The minimum atomic E-state index is 0.186. The van der Waals surface area contributed by atoms with Crippen LogP contribution < -0.4 is 4.74 Å². The van der Waals surface area contributed by atoms with Gasteiger partial charge in [-0.05, 0) is 31.0 Å². The number of rotatable bonds is 3. The van der Waals surface area contributed by atoms with Crippen molar-refractivity contribution in [3.05, 3.63) is 28.8 Å². The smallest absolute Gasteiger partial charge is 0.166 e. The van der Waals surface area contributed by atoms with Gasteiger partial charge in [0, 0.05) is 16.5 Å². The Morgan fingerprint density at radius 2 is 2.14 bits per heavy atom. The second kappa shape index (κ2) is 3.62. The molecule has 1 aromatic rings. The summed E-state index contributed by atoms with van der Waals surface area (Å²) in [6.07, 6.45) is 2.02. The lowest BCUT2D eigenvalue weighted by molar-refractivity contribution is 0.0967. The van der Waals surface area contributed by atoms with Crippen LogP contribution in [0.3, 0.4) is 0 Å². The molecule has 0 atom stereocenters. The minimum Gasteiger partial charge on any atom is -0.497 e. The normalized spacial score (nSPS) is 15.3. The van der Waals surface area contributed by atoms with Crippen molar-refractivity contribution in [3.63, 3.8) is 0 Å². The van der Waals surface area contributed by atoms with E-state index in [0.29, 0.717) is 16.3 Å². The van der Waals surface area contributed by atoms with Crippen molar-refractivity contribution in [1.82, 2.24) is 0 Å². The van der Waals surface area contributed by atoms with Crippen LogP contribution >= 0.6 is 11.6 Å². The van der Waals surface area contributed by atoms with E-state index >= 15 is 0 Å². The summed E-state index contributed by atoms with van der Waals surface area (Å²) in [6.45, 7) is 0.